The van der Waals surface area contributed by atoms with Crippen LogP contribution < -0.4 is 0 Å². The molecule has 0 amide bonds. The van der Waals surface area contributed by atoms with Gasteiger partial charge in [-0.1, -0.05) is 11.6 Å². The van der Waals surface area contributed by atoms with E-state index in [1.165, 1.54) is 7.11 Å². The highest BCUT2D eigenvalue weighted by Crippen LogP contribution is 2.26. The Labute approximate surface area is 144 Å². The van der Waals surface area contributed by atoms with Gasteiger partial charge >= 0.3 is 5.97 Å². The Kier molecular flexibility index (Phi) is 5.23. The molecule has 7 heteroatoms. The van der Waals surface area contributed by atoms with Crippen LogP contribution in [0.2, 0.25) is 5.02 Å². The minimum atomic E-state index is -0.124. The summed E-state index contributed by atoms with van der Waals surface area (Å²) < 4.78 is 7.01. The standard InChI is InChI=1S/C16H18ClN3O2S/c1-22-16(21)11-2-7-14-18-19-15(20(14)9-8-11)10-23-13-5-3-12(17)4-6-13/h3-6,11H,2,7-10H2,1H3. The number of thioether (sulfide) groups is 1. The fourth-order valence-corrected chi connectivity index (χ4v) is 3.70. The first kappa shape index (κ1) is 16.3. The second kappa shape index (κ2) is 7.36. The molecule has 0 aliphatic carbocycles. The minimum Gasteiger partial charge on any atom is -0.469 e. The quantitative estimate of drug-likeness (QED) is 0.624. The van der Waals surface area contributed by atoms with Gasteiger partial charge in [0, 0.05) is 22.9 Å². The summed E-state index contributed by atoms with van der Waals surface area (Å²) in [5.41, 5.74) is 0. The normalized spacial score (nSPS) is 17.4. The monoisotopic (exact) mass is 351 g/mol. The average Bonchev–Trinajstić information content (AvgIpc) is 2.83. The van der Waals surface area contributed by atoms with Crippen LogP contribution in [0.25, 0.3) is 0 Å². The van der Waals surface area contributed by atoms with Crippen LogP contribution >= 0.6 is 23.4 Å². The number of carbonyl (C=O) groups is 1. The second-order valence-electron chi connectivity index (χ2n) is 5.47. The Hall–Kier alpha value is -1.53. The van der Waals surface area contributed by atoms with Gasteiger partial charge < -0.3 is 9.30 Å². The van der Waals surface area contributed by atoms with E-state index in [0.29, 0.717) is 0 Å². The number of hydrogen-bond donors (Lipinski definition) is 0. The number of ether oxygens (including phenoxy) is 1. The molecule has 1 atom stereocenters. The van der Waals surface area contributed by atoms with Crippen LogP contribution in [0.4, 0.5) is 0 Å². The molecule has 0 saturated heterocycles. The zero-order valence-electron chi connectivity index (χ0n) is 12.9. The number of esters is 1. The summed E-state index contributed by atoms with van der Waals surface area (Å²) in [6.07, 6.45) is 2.31. The predicted octanol–water partition coefficient (Wildman–Crippen LogP) is 3.35. The molecule has 0 radical (unpaired) electrons. The smallest absolute Gasteiger partial charge is 0.308 e. The summed E-state index contributed by atoms with van der Waals surface area (Å²) in [6.45, 7) is 0.763. The Bertz CT molecular complexity index is 687. The van der Waals surface area contributed by atoms with E-state index in [1.54, 1.807) is 11.8 Å². The lowest BCUT2D eigenvalue weighted by atomic mass is 10.0. The van der Waals surface area contributed by atoms with Crippen molar-refractivity contribution in [3.05, 3.63) is 40.9 Å². The topological polar surface area (TPSA) is 57.0 Å². The number of halogens is 1. The van der Waals surface area contributed by atoms with Crippen molar-refractivity contribution in [2.75, 3.05) is 7.11 Å². The van der Waals surface area contributed by atoms with E-state index in [9.17, 15) is 4.79 Å². The van der Waals surface area contributed by atoms with E-state index in [0.717, 1.165) is 53.1 Å². The lowest BCUT2D eigenvalue weighted by Gasteiger charge is -2.11. The highest BCUT2D eigenvalue weighted by atomic mass is 35.5. The van der Waals surface area contributed by atoms with Gasteiger partial charge in [-0.15, -0.1) is 22.0 Å². The number of nitrogens with zero attached hydrogens (tertiary/aromatic N) is 3. The zero-order chi connectivity index (χ0) is 16.2. The molecule has 1 unspecified atom stereocenters. The maximum absolute atomic E-state index is 11.7. The lowest BCUT2D eigenvalue weighted by Crippen LogP contribution is -2.17. The Balaban J connectivity index is 1.66. The van der Waals surface area contributed by atoms with E-state index in [-0.39, 0.29) is 11.9 Å². The van der Waals surface area contributed by atoms with Gasteiger partial charge in [0.1, 0.15) is 11.6 Å². The number of benzene rings is 1. The van der Waals surface area contributed by atoms with Gasteiger partial charge in [-0.25, -0.2) is 0 Å². The fourth-order valence-electron chi connectivity index (χ4n) is 2.74. The van der Waals surface area contributed by atoms with E-state index in [1.807, 2.05) is 24.3 Å². The Morgan fingerprint density at radius 3 is 2.87 bits per heavy atom. The third kappa shape index (κ3) is 3.87. The molecule has 2 heterocycles. The van der Waals surface area contributed by atoms with E-state index in [2.05, 4.69) is 14.8 Å². The molecule has 122 valence electrons. The number of hydrogen-bond acceptors (Lipinski definition) is 5. The van der Waals surface area contributed by atoms with Gasteiger partial charge in [0.15, 0.2) is 0 Å². The first-order valence-corrected chi connectivity index (χ1v) is 8.91. The average molecular weight is 352 g/mol. The van der Waals surface area contributed by atoms with Crippen LogP contribution in [0.1, 0.15) is 24.5 Å². The molecule has 0 bridgehead atoms. The number of aromatic nitrogens is 3. The van der Waals surface area contributed by atoms with Gasteiger partial charge in [-0.2, -0.15) is 0 Å². The molecule has 1 aliphatic rings. The van der Waals surface area contributed by atoms with Crippen molar-refractivity contribution in [1.29, 1.82) is 0 Å². The molecular formula is C16H18ClN3O2S. The summed E-state index contributed by atoms with van der Waals surface area (Å²) in [4.78, 5) is 12.9. The maximum Gasteiger partial charge on any atom is 0.308 e. The van der Waals surface area contributed by atoms with Crippen LogP contribution in [0, 0.1) is 5.92 Å². The van der Waals surface area contributed by atoms with Crippen molar-refractivity contribution < 1.29 is 9.53 Å². The molecule has 2 aromatic rings. The molecule has 3 rings (SSSR count). The zero-order valence-corrected chi connectivity index (χ0v) is 14.4. The fraction of sp³-hybridized carbons (Fsp3) is 0.438. The molecular weight excluding hydrogens is 334 g/mol. The molecule has 0 spiro atoms. The predicted molar refractivity (Wildman–Crippen MR) is 89.5 cm³/mol. The van der Waals surface area contributed by atoms with Crippen LogP contribution in [-0.4, -0.2) is 27.8 Å². The summed E-state index contributed by atoms with van der Waals surface area (Å²) in [5.74, 6) is 2.49. The third-order valence-corrected chi connectivity index (χ3v) is 5.30. The number of aryl methyl sites for hydroxylation is 1. The highest BCUT2D eigenvalue weighted by molar-refractivity contribution is 7.98. The molecule has 0 fully saturated rings. The number of fused-ring (bicyclic) bond motifs is 1. The molecule has 1 aliphatic heterocycles. The molecule has 23 heavy (non-hydrogen) atoms. The highest BCUT2D eigenvalue weighted by Gasteiger charge is 2.25. The molecule has 1 aromatic heterocycles. The van der Waals surface area contributed by atoms with Crippen LogP contribution in [0.3, 0.4) is 0 Å². The Morgan fingerprint density at radius 1 is 1.35 bits per heavy atom. The molecule has 0 N–H and O–H groups in total. The van der Waals surface area contributed by atoms with E-state index < -0.39 is 0 Å². The van der Waals surface area contributed by atoms with Crippen molar-refractivity contribution in [3.63, 3.8) is 0 Å². The largest absolute Gasteiger partial charge is 0.469 e. The first-order chi connectivity index (χ1) is 11.2. The van der Waals surface area contributed by atoms with Gasteiger partial charge in [0.05, 0.1) is 18.8 Å². The summed E-state index contributed by atoms with van der Waals surface area (Å²) >= 11 is 7.61. The van der Waals surface area contributed by atoms with Crippen LogP contribution in [-0.2, 0) is 28.2 Å². The SMILES string of the molecule is COC(=O)C1CCc2nnc(CSc3ccc(Cl)cc3)n2CC1. The van der Waals surface area contributed by atoms with Crippen molar-refractivity contribution in [1.82, 2.24) is 14.8 Å². The van der Waals surface area contributed by atoms with Gasteiger partial charge in [-0.3, -0.25) is 4.79 Å². The van der Waals surface area contributed by atoms with Crippen molar-refractivity contribution >= 4 is 29.3 Å². The molecule has 0 saturated carbocycles. The summed E-state index contributed by atoms with van der Waals surface area (Å²) in [7, 11) is 1.45. The lowest BCUT2D eigenvalue weighted by molar-refractivity contribution is -0.145. The van der Waals surface area contributed by atoms with Gasteiger partial charge in [0.25, 0.3) is 0 Å². The van der Waals surface area contributed by atoms with E-state index >= 15 is 0 Å². The Morgan fingerprint density at radius 2 is 2.13 bits per heavy atom. The minimum absolute atomic E-state index is 0.0431. The number of rotatable bonds is 4. The van der Waals surface area contributed by atoms with Gasteiger partial charge in [-0.05, 0) is 37.1 Å². The second-order valence-corrected chi connectivity index (χ2v) is 6.96. The van der Waals surface area contributed by atoms with Gasteiger partial charge in [0.2, 0.25) is 0 Å². The first-order valence-electron chi connectivity index (χ1n) is 7.54. The summed E-state index contributed by atoms with van der Waals surface area (Å²) in [5, 5.41) is 9.34. The van der Waals surface area contributed by atoms with E-state index in [4.69, 9.17) is 16.3 Å². The number of methoxy groups -OCH3 is 1. The van der Waals surface area contributed by atoms with Crippen LogP contribution in [0.5, 0.6) is 0 Å². The molecule has 1 aromatic carbocycles. The van der Waals surface area contributed by atoms with Crippen molar-refractivity contribution in [3.8, 4) is 0 Å². The number of carbonyl (C=O) groups excluding carboxylic acids is 1. The van der Waals surface area contributed by atoms with Crippen LogP contribution in [0.15, 0.2) is 29.2 Å². The summed E-state index contributed by atoms with van der Waals surface area (Å²) in [6, 6.07) is 7.77. The van der Waals surface area contributed by atoms with Crippen molar-refractivity contribution in [2.24, 2.45) is 5.92 Å². The maximum atomic E-state index is 11.7. The third-order valence-electron chi connectivity index (χ3n) is 4.04. The molecule has 5 nitrogen and oxygen atoms in total. The van der Waals surface area contributed by atoms with Crippen molar-refractivity contribution in [2.45, 2.75) is 36.5 Å².